The predicted molar refractivity (Wildman–Crippen MR) is 111 cm³/mol. The van der Waals surface area contributed by atoms with Gasteiger partial charge in [0.25, 0.3) is 5.69 Å². The molecule has 1 N–H and O–H groups in total. The van der Waals surface area contributed by atoms with E-state index in [-0.39, 0.29) is 5.56 Å². The molecule has 0 unspecified atom stereocenters. The quantitative estimate of drug-likeness (QED) is 0.363. The highest BCUT2D eigenvalue weighted by Gasteiger charge is 2.41. The van der Waals surface area contributed by atoms with Gasteiger partial charge >= 0.3 is 0 Å². The zero-order chi connectivity index (χ0) is 24.2. The molecule has 0 aliphatic carbocycles. The first kappa shape index (κ1) is 25.7. The first-order valence-corrected chi connectivity index (χ1v) is 11.1. The molecule has 1 atom stereocenters. The first-order valence-electron chi connectivity index (χ1n) is 8.84. The lowest BCUT2D eigenvalue weighted by atomic mass is 9.93. The molecule has 2 aromatic rings. The van der Waals surface area contributed by atoms with Crippen molar-refractivity contribution in [2.75, 3.05) is 20.0 Å². The molecule has 13 heteroatoms. The van der Waals surface area contributed by atoms with Gasteiger partial charge < -0.3 is 4.74 Å². The number of nitrogens with zero attached hydrogens (tertiary/aromatic N) is 2. The van der Waals surface area contributed by atoms with Gasteiger partial charge in [-0.1, -0.05) is 28.1 Å². The summed E-state index contributed by atoms with van der Waals surface area (Å²) in [5, 5.41) is 20.4. The minimum absolute atomic E-state index is 0.293. The Hall–Kier alpha value is -2.53. The van der Waals surface area contributed by atoms with Gasteiger partial charge in [-0.2, -0.15) is 9.98 Å². The fraction of sp³-hybridized carbons (Fsp3) is 0.316. The number of halogens is 4. The molecule has 0 amide bonds. The monoisotopic (exact) mass is 535 g/mol. The number of nitro benzene ring substituents is 1. The summed E-state index contributed by atoms with van der Waals surface area (Å²) >= 11 is 3.13. The molecule has 0 fully saturated rings. The fourth-order valence-electron chi connectivity index (χ4n) is 2.76. The number of para-hydroxylation sites is 1. The maximum Gasteiger partial charge on any atom is 0.289 e. The van der Waals surface area contributed by atoms with E-state index in [1.54, 1.807) is 0 Å². The van der Waals surface area contributed by atoms with Crippen LogP contribution in [0.2, 0.25) is 0 Å². The summed E-state index contributed by atoms with van der Waals surface area (Å²) in [4.78, 5) is 9.66. The Morgan fingerprint density at radius 1 is 1.25 bits per heavy atom. The van der Waals surface area contributed by atoms with Crippen LogP contribution >= 0.6 is 15.9 Å². The normalized spacial score (nSPS) is 13.9. The van der Waals surface area contributed by atoms with Crippen molar-refractivity contribution in [2.24, 2.45) is 0 Å². The Morgan fingerprint density at radius 3 is 2.44 bits per heavy atom. The van der Waals surface area contributed by atoms with Gasteiger partial charge in [-0.3, -0.25) is 10.1 Å². The summed E-state index contributed by atoms with van der Waals surface area (Å²) in [7, 11) is -4.68. The van der Waals surface area contributed by atoms with E-state index in [9.17, 15) is 31.7 Å². The van der Waals surface area contributed by atoms with Crippen molar-refractivity contribution in [1.29, 1.82) is 5.26 Å². The zero-order valence-corrected chi connectivity index (χ0v) is 18.9. The average Bonchev–Trinajstić information content (AvgIpc) is 2.76. The number of ether oxygens (including phenoxy) is 1. The molecular formula is C19H17BrF3N3O5S. The smallest absolute Gasteiger partial charge is 0.289 e. The lowest BCUT2D eigenvalue weighted by molar-refractivity contribution is -0.387. The molecule has 8 nitrogen and oxygen atoms in total. The molecule has 0 spiro atoms. The molecule has 0 bridgehead atoms. The van der Waals surface area contributed by atoms with Crippen LogP contribution in [0.5, 0.6) is 0 Å². The highest BCUT2D eigenvalue weighted by atomic mass is 79.9. The Kier molecular flexibility index (Phi) is 8.00. The van der Waals surface area contributed by atoms with Gasteiger partial charge in [0.2, 0.25) is 15.6 Å². The summed E-state index contributed by atoms with van der Waals surface area (Å²) in [5.74, 6) is -0.896. The van der Waals surface area contributed by atoms with E-state index >= 15 is 0 Å². The van der Waals surface area contributed by atoms with Gasteiger partial charge in [0.05, 0.1) is 17.1 Å². The Labute approximate surface area is 190 Å². The molecule has 0 aliphatic heterocycles. The molecule has 0 aliphatic rings. The Balaban J connectivity index is 2.61. The van der Waals surface area contributed by atoms with Gasteiger partial charge in [0, 0.05) is 16.1 Å². The fourth-order valence-corrected chi connectivity index (χ4v) is 4.67. The molecule has 0 saturated carbocycles. The van der Waals surface area contributed by atoms with E-state index in [0.717, 1.165) is 25.1 Å². The van der Waals surface area contributed by atoms with Crippen LogP contribution in [0.3, 0.4) is 0 Å². The van der Waals surface area contributed by atoms with Crippen molar-refractivity contribution in [2.45, 2.75) is 23.0 Å². The van der Waals surface area contributed by atoms with Crippen molar-refractivity contribution >= 4 is 31.6 Å². The largest absolute Gasteiger partial charge is 0.353 e. The number of sulfonamides is 1. The number of rotatable bonds is 10. The standard InChI is InChI=1S/C19H17BrF3N3O5S/c1-18(12-31-19(9-21,10-22)11-24,14-8-13(20)6-7-15(14)23)25-32(29,30)17-5-3-2-4-16(17)26(27)28/h2-8,25H,9-10,12H2,1H3/t18-/m0/s1. The number of hydrogen-bond acceptors (Lipinski definition) is 6. The van der Waals surface area contributed by atoms with E-state index in [0.29, 0.717) is 4.47 Å². The van der Waals surface area contributed by atoms with Crippen LogP contribution in [0.25, 0.3) is 0 Å². The minimum Gasteiger partial charge on any atom is -0.353 e. The van der Waals surface area contributed by atoms with Crippen molar-refractivity contribution in [3.63, 3.8) is 0 Å². The molecule has 0 heterocycles. The van der Waals surface area contributed by atoms with Gasteiger partial charge in [-0.15, -0.1) is 0 Å². The average molecular weight is 536 g/mol. The molecule has 0 radical (unpaired) electrons. The van der Waals surface area contributed by atoms with Crippen molar-refractivity contribution in [1.82, 2.24) is 4.72 Å². The summed E-state index contributed by atoms with van der Waals surface area (Å²) in [6, 6.07) is 9.35. The molecule has 32 heavy (non-hydrogen) atoms. The third-order valence-electron chi connectivity index (χ3n) is 4.51. The SMILES string of the molecule is C[C@@](COC(C#N)(CF)CF)(NS(=O)(=O)c1ccccc1[N+](=O)[O-])c1cc(Br)ccc1F. The van der Waals surface area contributed by atoms with Crippen LogP contribution in [0.15, 0.2) is 51.8 Å². The first-order chi connectivity index (χ1) is 14.9. The number of alkyl halides is 2. The number of benzene rings is 2. The molecule has 2 rings (SSSR count). The van der Waals surface area contributed by atoms with Crippen LogP contribution in [0.4, 0.5) is 18.9 Å². The van der Waals surface area contributed by atoms with E-state index in [1.807, 2.05) is 0 Å². The lowest BCUT2D eigenvalue weighted by Crippen LogP contribution is -2.50. The van der Waals surface area contributed by atoms with Gasteiger partial charge in [-0.25, -0.2) is 21.6 Å². The van der Waals surface area contributed by atoms with Crippen LogP contribution in [0, 0.1) is 27.3 Å². The highest BCUT2D eigenvalue weighted by Crippen LogP contribution is 2.32. The summed E-state index contributed by atoms with van der Waals surface area (Å²) < 4.78 is 75.0. The molecule has 0 aromatic heterocycles. The minimum atomic E-state index is -4.68. The molecule has 0 saturated heterocycles. The van der Waals surface area contributed by atoms with Crippen LogP contribution in [-0.2, 0) is 20.3 Å². The van der Waals surface area contributed by atoms with E-state index in [4.69, 9.17) is 10.00 Å². The highest BCUT2D eigenvalue weighted by molar-refractivity contribution is 9.10. The summed E-state index contributed by atoms with van der Waals surface area (Å²) in [6.45, 7) is -2.81. The van der Waals surface area contributed by atoms with Crippen LogP contribution in [-0.4, -0.2) is 38.9 Å². The van der Waals surface area contributed by atoms with Crippen molar-refractivity contribution in [3.05, 3.63) is 68.4 Å². The zero-order valence-electron chi connectivity index (χ0n) is 16.5. The lowest BCUT2D eigenvalue weighted by Gasteiger charge is -2.34. The number of nitrogens with one attached hydrogen (secondary N) is 1. The Bertz CT molecular complexity index is 1160. The number of hydrogen-bond donors (Lipinski definition) is 1. The van der Waals surface area contributed by atoms with Gasteiger partial charge in [0.15, 0.2) is 4.90 Å². The predicted octanol–water partition coefficient (Wildman–Crippen LogP) is 3.91. The number of nitro groups is 1. The van der Waals surface area contributed by atoms with Crippen LogP contribution < -0.4 is 4.72 Å². The molecule has 2 aromatic carbocycles. The third-order valence-corrected chi connectivity index (χ3v) is 6.64. The van der Waals surface area contributed by atoms with E-state index in [2.05, 4.69) is 20.7 Å². The van der Waals surface area contributed by atoms with Gasteiger partial charge in [0.1, 0.15) is 25.2 Å². The van der Waals surface area contributed by atoms with E-state index < -0.39 is 62.4 Å². The van der Waals surface area contributed by atoms with Crippen LogP contribution in [0.1, 0.15) is 12.5 Å². The molecular weight excluding hydrogens is 519 g/mol. The molecule has 172 valence electrons. The second-order valence-corrected chi connectivity index (χ2v) is 9.52. The van der Waals surface area contributed by atoms with Crippen molar-refractivity contribution in [3.8, 4) is 6.07 Å². The Morgan fingerprint density at radius 2 is 1.88 bits per heavy atom. The topological polar surface area (TPSA) is 122 Å². The summed E-state index contributed by atoms with van der Waals surface area (Å²) in [5.41, 5.74) is -5.59. The second-order valence-electron chi connectivity index (χ2n) is 6.95. The van der Waals surface area contributed by atoms with Crippen molar-refractivity contribution < 1.29 is 31.2 Å². The third kappa shape index (κ3) is 5.44. The van der Waals surface area contributed by atoms with E-state index in [1.165, 1.54) is 30.3 Å². The second kappa shape index (κ2) is 9.95. The maximum absolute atomic E-state index is 14.7. The maximum atomic E-state index is 14.7. The number of nitriles is 1. The van der Waals surface area contributed by atoms with Gasteiger partial charge in [-0.05, 0) is 31.2 Å². The summed E-state index contributed by atoms with van der Waals surface area (Å²) in [6.07, 6.45) is 0.